The number of aliphatic hydroxyl groups excluding tert-OH is 1. The molecule has 3 aliphatic rings. The van der Waals surface area contributed by atoms with Crippen molar-refractivity contribution < 1.29 is 14.7 Å². The third-order valence-corrected chi connectivity index (χ3v) is 6.44. The van der Waals surface area contributed by atoms with Gasteiger partial charge in [-0.15, -0.1) is 0 Å². The molecule has 0 radical (unpaired) electrons. The van der Waals surface area contributed by atoms with Crippen LogP contribution < -0.4 is 5.32 Å². The van der Waals surface area contributed by atoms with Crippen molar-refractivity contribution in [2.45, 2.75) is 68.9 Å². The molecule has 27 heavy (non-hydrogen) atoms. The van der Waals surface area contributed by atoms with Crippen LogP contribution in [0, 0.1) is 5.92 Å². The van der Waals surface area contributed by atoms with Crippen LogP contribution in [0.5, 0.6) is 0 Å². The number of aliphatic hydroxyl groups is 1. The molecule has 1 aromatic rings. The summed E-state index contributed by atoms with van der Waals surface area (Å²) in [6.45, 7) is 0.660. The summed E-state index contributed by atoms with van der Waals surface area (Å²) in [4.78, 5) is 31.6. The largest absolute Gasteiger partial charge is 0.389 e. The van der Waals surface area contributed by atoms with E-state index in [1.165, 1.54) is 19.3 Å². The molecule has 0 unspecified atom stereocenters. The Bertz CT molecular complexity index is 683. The van der Waals surface area contributed by atoms with Gasteiger partial charge >= 0.3 is 0 Å². The third kappa shape index (κ3) is 3.86. The van der Waals surface area contributed by atoms with Crippen LogP contribution in [-0.2, 0) is 15.0 Å². The first-order valence-corrected chi connectivity index (χ1v) is 10.3. The van der Waals surface area contributed by atoms with Gasteiger partial charge in [-0.2, -0.15) is 0 Å². The molecular weight excluding hydrogens is 342 g/mol. The fourth-order valence-corrected chi connectivity index (χ4v) is 4.67. The van der Waals surface area contributed by atoms with Gasteiger partial charge in [0.15, 0.2) is 0 Å². The van der Waals surface area contributed by atoms with Gasteiger partial charge in [-0.25, -0.2) is 0 Å². The van der Waals surface area contributed by atoms with Crippen LogP contribution in [-0.4, -0.2) is 52.0 Å². The van der Waals surface area contributed by atoms with E-state index < -0.39 is 11.5 Å². The minimum atomic E-state index is -0.705. The van der Waals surface area contributed by atoms with Gasteiger partial charge < -0.3 is 15.3 Å². The summed E-state index contributed by atoms with van der Waals surface area (Å²) in [5, 5.41) is 13.4. The first-order chi connectivity index (χ1) is 13.1. The van der Waals surface area contributed by atoms with Gasteiger partial charge in [-0.3, -0.25) is 14.6 Å². The Balaban J connectivity index is 1.34. The van der Waals surface area contributed by atoms with Gasteiger partial charge in [0.2, 0.25) is 11.8 Å². The number of rotatable bonds is 5. The van der Waals surface area contributed by atoms with Crippen LogP contribution in [0.2, 0.25) is 0 Å². The summed E-state index contributed by atoms with van der Waals surface area (Å²) in [5.41, 5.74) is 0.288. The van der Waals surface area contributed by atoms with Crippen molar-refractivity contribution in [2.75, 3.05) is 13.1 Å². The summed E-state index contributed by atoms with van der Waals surface area (Å²) in [7, 11) is 0. The molecule has 2 N–H and O–H groups in total. The Labute approximate surface area is 160 Å². The second-order valence-corrected chi connectivity index (χ2v) is 8.46. The maximum absolute atomic E-state index is 13.1. The zero-order chi connectivity index (χ0) is 18.9. The van der Waals surface area contributed by atoms with Crippen LogP contribution in [0.1, 0.15) is 57.1 Å². The van der Waals surface area contributed by atoms with E-state index in [9.17, 15) is 14.7 Å². The van der Waals surface area contributed by atoms with Crippen LogP contribution in [0.3, 0.4) is 0 Å². The van der Waals surface area contributed by atoms with Crippen LogP contribution in [0.25, 0.3) is 0 Å². The van der Waals surface area contributed by atoms with Gasteiger partial charge in [-0.1, -0.05) is 25.3 Å². The first-order valence-electron chi connectivity index (χ1n) is 10.3. The molecule has 6 nitrogen and oxygen atoms in total. The number of aromatic nitrogens is 1. The minimum Gasteiger partial charge on any atom is -0.389 e. The Kier molecular flexibility index (Phi) is 5.17. The zero-order valence-corrected chi connectivity index (χ0v) is 15.8. The number of hydrogen-bond donors (Lipinski definition) is 2. The highest BCUT2D eigenvalue weighted by Gasteiger charge is 2.55. The topological polar surface area (TPSA) is 82.5 Å². The monoisotopic (exact) mass is 371 g/mol. The lowest BCUT2D eigenvalue weighted by Crippen LogP contribution is -2.44. The molecule has 0 spiro atoms. The van der Waals surface area contributed by atoms with E-state index >= 15 is 0 Å². The average Bonchev–Trinajstić information content (AvgIpc) is 3.42. The Morgan fingerprint density at radius 1 is 1.19 bits per heavy atom. The molecule has 1 aliphatic heterocycles. The second-order valence-electron chi connectivity index (χ2n) is 8.46. The second kappa shape index (κ2) is 7.58. The summed E-state index contributed by atoms with van der Waals surface area (Å²) in [6.07, 6.45) is 9.09. The predicted molar refractivity (Wildman–Crippen MR) is 101 cm³/mol. The van der Waals surface area contributed by atoms with Gasteiger partial charge in [0.05, 0.1) is 23.3 Å². The lowest BCUT2D eigenvalue weighted by molar-refractivity contribution is -0.133. The number of carbonyl (C=O) groups is 2. The van der Waals surface area contributed by atoms with E-state index in [1.54, 1.807) is 11.1 Å². The number of nitrogens with one attached hydrogen (secondary N) is 1. The zero-order valence-electron chi connectivity index (χ0n) is 15.8. The van der Waals surface area contributed by atoms with Crippen molar-refractivity contribution in [3.8, 4) is 0 Å². The Hall–Kier alpha value is -1.95. The standard InChI is InChI=1S/C21H29N3O3/c25-17-14-24(20(27)21(9-10-21)18-8-4-5-11-22-18)13-16(17)23-19(26)12-15-6-2-1-3-7-15/h4-5,8,11,15-17,25H,1-3,6-7,9-10,12-14H2,(H,23,26)/t16-,17-/m1/s1. The van der Waals surface area contributed by atoms with Crippen LogP contribution in [0.15, 0.2) is 24.4 Å². The van der Waals surface area contributed by atoms with Crippen molar-refractivity contribution in [3.05, 3.63) is 30.1 Å². The number of nitrogens with zero attached hydrogens (tertiary/aromatic N) is 2. The predicted octanol–water partition coefficient (Wildman–Crippen LogP) is 1.77. The number of hydrogen-bond acceptors (Lipinski definition) is 4. The highest BCUT2D eigenvalue weighted by atomic mass is 16.3. The molecular formula is C21H29N3O3. The smallest absolute Gasteiger partial charge is 0.234 e. The molecule has 2 aliphatic carbocycles. The molecule has 0 bridgehead atoms. The van der Waals surface area contributed by atoms with Crippen molar-refractivity contribution in [3.63, 3.8) is 0 Å². The van der Waals surface area contributed by atoms with E-state index in [1.807, 2.05) is 18.2 Å². The van der Waals surface area contributed by atoms with E-state index in [0.29, 0.717) is 18.9 Å². The van der Waals surface area contributed by atoms with Crippen molar-refractivity contribution >= 4 is 11.8 Å². The van der Waals surface area contributed by atoms with E-state index in [-0.39, 0.29) is 24.4 Å². The molecule has 1 aromatic heterocycles. The third-order valence-electron chi connectivity index (χ3n) is 6.44. The molecule has 0 aromatic carbocycles. The van der Waals surface area contributed by atoms with Crippen LogP contribution >= 0.6 is 0 Å². The number of carbonyl (C=O) groups excluding carboxylic acids is 2. The fraction of sp³-hybridized carbons (Fsp3) is 0.667. The number of β-amino-alcohol motifs (C(OH)–C–C–N with tert-alkyl or cyclic N) is 1. The molecule has 4 rings (SSSR count). The van der Waals surface area contributed by atoms with Crippen molar-refractivity contribution in [1.82, 2.24) is 15.2 Å². The van der Waals surface area contributed by atoms with E-state index in [0.717, 1.165) is 31.4 Å². The molecule has 3 fully saturated rings. The number of amides is 2. The molecule has 2 saturated carbocycles. The normalized spacial score (nSPS) is 27.4. The lowest BCUT2D eigenvalue weighted by atomic mass is 9.87. The molecule has 6 heteroatoms. The van der Waals surface area contributed by atoms with Crippen molar-refractivity contribution in [1.29, 1.82) is 0 Å². The summed E-state index contributed by atoms with van der Waals surface area (Å²) >= 11 is 0. The van der Waals surface area contributed by atoms with E-state index in [2.05, 4.69) is 10.3 Å². The minimum absolute atomic E-state index is 0.00566. The highest BCUT2D eigenvalue weighted by molar-refractivity contribution is 5.91. The van der Waals surface area contributed by atoms with Gasteiger partial charge in [-0.05, 0) is 43.7 Å². The number of likely N-dealkylation sites (tertiary alicyclic amines) is 1. The summed E-state index contributed by atoms with van der Waals surface area (Å²) < 4.78 is 0. The Morgan fingerprint density at radius 3 is 2.63 bits per heavy atom. The Morgan fingerprint density at radius 2 is 1.96 bits per heavy atom. The average molecular weight is 371 g/mol. The molecule has 1 saturated heterocycles. The molecule has 146 valence electrons. The number of pyridine rings is 1. The molecule has 2 amide bonds. The fourth-order valence-electron chi connectivity index (χ4n) is 4.67. The first kappa shape index (κ1) is 18.4. The van der Waals surface area contributed by atoms with Crippen LogP contribution in [0.4, 0.5) is 0 Å². The SMILES string of the molecule is O=C(CC1CCCCC1)N[C@@H]1CN(C(=O)C2(c3ccccn3)CC2)C[C@H]1O. The molecule has 2 heterocycles. The summed E-state index contributed by atoms with van der Waals surface area (Å²) in [5.74, 6) is 0.504. The van der Waals surface area contributed by atoms with Gasteiger partial charge in [0.1, 0.15) is 0 Å². The maximum atomic E-state index is 13.1. The summed E-state index contributed by atoms with van der Waals surface area (Å²) in [6, 6.07) is 5.29. The maximum Gasteiger partial charge on any atom is 0.234 e. The van der Waals surface area contributed by atoms with Crippen molar-refractivity contribution in [2.24, 2.45) is 5.92 Å². The lowest BCUT2D eigenvalue weighted by Gasteiger charge is -2.23. The quantitative estimate of drug-likeness (QED) is 0.826. The van der Waals surface area contributed by atoms with E-state index in [4.69, 9.17) is 0 Å². The molecule has 2 atom stereocenters. The highest BCUT2D eigenvalue weighted by Crippen LogP contribution is 2.49. The van der Waals surface area contributed by atoms with Gasteiger partial charge in [0.25, 0.3) is 0 Å². The van der Waals surface area contributed by atoms with Gasteiger partial charge in [0, 0.05) is 25.7 Å².